The molecule has 2 N–H and O–H groups in total. The number of carbonyl (C=O) groups is 1. The molecule has 0 bridgehead atoms. The van der Waals surface area contributed by atoms with Gasteiger partial charge in [0.2, 0.25) is 5.91 Å². The summed E-state index contributed by atoms with van der Waals surface area (Å²) in [5, 5.41) is 6.21. The number of hydrogen-bond donors (Lipinski definition) is 2. The molecule has 0 radical (unpaired) electrons. The molecule has 132 valence electrons. The molecule has 0 aliphatic rings. The number of nitrogens with one attached hydrogen (secondary N) is 2. The van der Waals surface area contributed by atoms with Crippen LogP contribution in [0, 0.1) is 5.82 Å². The van der Waals surface area contributed by atoms with Crippen LogP contribution in [0.5, 0.6) is 0 Å². The second-order valence-electron chi connectivity index (χ2n) is 6.12. The molecule has 0 fully saturated rings. The number of anilines is 1. The van der Waals surface area contributed by atoms with Crippen LogP contribution >= 0.6 is 0 Å². The molecule has 4 heteroatoms. The van der Waals surface area contributed by atoms with E-state index < -0.39 is 0 Å². The van der Waals surface area contributed by atoms with Gasteiger partial charge in [-0.15, -0.1) is 0 Å². The molecule has 0 unspecified atom stereocenters. The van der Waals surface area contributed by atoms with Gasteiger partial charge in [-0.05, 0) is 41.0 Å². The first-order valence-electron chi connectivity index (χ1n) is 8.57. The summed E-state index contributed by atoms with van der Waals surface area (Å²) >= 11 is 0. The van der Waals surface area contributed by atoms with Crippen molar-refractivity contribution in [2.45, 2.75) is 19.5 Å². The Morgan fingerprint density at radius 1 is 0.731 bits per heavy atom. The van der Waals surface area contributed by atoms with Crippen molar-refractivity contribution in [1.29, 1.82) is 0 Å². The molecule has 3 rings (SSSR count). The van der Waals surface area contributed by atoms with Crippen LogP contribution in [-0.4, -0.2) is 5.91 Å². The zero-order chi connectivity index (χ0) is 18.2. The fraction of sp³-hybridized carbons (Fsp3) is 0.136. The van der Waals surface area contributed by atoms with Crippen molar-refractivity contribution in [2.75, 3.05) is 5.32 Å². The van der Waals surface area contributed by atoms with E-state index in [9.17, 15) is 9.18 Å². The molecule has 3 aromatic rings. The first kappa shape index (κ1) is 17.7. The van der Waals surface area contributed by atoms with Crippen molar-refractivity contribution >= 4 is 11.6 Å². The average Bonchev–Trinajstić information content (AvgIpc) is 2.68. The molecule has 0 saturated carbocycles. The SMILES string of the molecule is O=C(Cc1ccc(NCc2ccc(F)cc2)cc1)NCc1ccccc1. The van der Waals surface area contributed by atoms with Crippen molar-refractivity contribution in [1.82, 2.24) is 5.32 Å². The highest BCUT2D eigenvalue weighted by Crippen LogP contribution is 2.12. The predicted octanol–water partition coefficient (Wildman–Crippen LogP) is 4.30. The summed E-state index contributed by atoms with van der Waals surface area (Å²) in [5.74, 6) is -0.232. The Balaban J connectivity index is 1.46. The molecule has 0 saturated heterocycles. The van der Waals surface area contributed by atoms with E-state index in [2.05, 4.69) is 10.6 Å². The topological polar surface area (TPSA) is 41.1 Å². The molecule has 3 aromatic carbocycles. The Hall–Kier alpha value is -3.14. The Kier molecular flexibility index (Phi) is 5.99. The molecule has 0 spiro atoms. The first-order chi connectivity index (χ1) is 12.7. The molecule has 0 aromatic heterocycles. The van der Waals surface area contributed by atoms with Gasteiger partial charge in [-0.2, -0.15) is 0 Å². The molecular formula is C22H21FN2O. The monoisotopic (exact) mass is 348 g/mol. The summed E-state index contributed by atoms with van der Waals surface area (Å²) in [4.78, 5) is 12.1. The minimum atomic E-state index is -0.233. The number of benzene rings is 3. The molecule has 0 atom stereocenters. The predicted molar refractivity (Wildman–Crippen MR) is 102 cm³/mol. The summed E-state index contributed by atoms with van der Waals surface area (Å²) in [6.45, 7) is 1.16. The fourth-order valence-electron chi connectivity index (χ4n) is 2.59. The van der Waals surface area contributed by atoms with Crippen LogP contribution in [-0.2, 0) is 24.3 Å². The van der Waals surface area contributed by atoms with Crippen molar-refractivity contribution < 1.29 is 9.18 Å². The highest BCUT2D eigenvalue weighted by Gasteiger charge is 2.04. The Labute approximate surface area is 152 Å². The van der Waals surface area contributed by atoms with Crippen molar-refractivity contribution in [3.05, 3.63) is 101 Å². The molecule has 0 heterocycles. The number of halogens is 1. The number of hydrogen-bond acceptors (Lipinski definition) is 2. The van der Waals surface area contributed by atoms with E-state index in [1.807, 2.05) is 54.6 Å². The van der Waals surface area contributed by atoms with E-state index in [1.54, 1.807) is 12.1 Å². The van der Waals surface area contributed by atoms with Gasteiger partial charge >= 0.3 is 0 Å². The third kappa shape index (κ3) is 5.45. The van der Waals surface area contributed by atoms with Gasteiger partial charge in [0.15, 0.2) is 0 Å². The van der Waals surface area contributed by atoms with E-state index in [-0.39, 0.29) is 11.7 Å². The molecule has 26 heavy (non-hydrogen) atoms. The lowest BCUT2D eigenvalue weighted by molar-refractivity contribution is -0.120. The van der Waals surface area contributed by atoms with Gasteiger partial charge in [0, 0.05) is 18.8 Å². The summed E-state index contributed by atoms with van der Waals surface area (Å²) < 4.78 is 12.9. The molecule has 3 nitrogen and oxygen atoms in total. The molecule has 0 aliphatic heterocycles. The van der Waals surface area contributed by atoms with Crippen molar-refractivity contribution in [2.24, 2.45) is 0 Å². The average molecular weight is 348 g/mol. The normalized spacial score (nSPS) is 10.3. The summed E-state index contributed by atoms with van der Waals surface area (Å²) in [6, 6.07) is 24.0. The molecule has 1 amide bonds. The van der Waals surface area contributed by atoms with Gasteiger partial charge in [-0.3, -0.25) is 4.79 Å². The smallest absolute Gasteiger partial charge is 0.224 e. The van der Waals surface area contributed by atoms with Crippen LogP contribution in [0.1, 0.15) is 16.7 Å². The van der Waals surface area contributed by atoms with E-state index >= 15 is 0 Å². The standard InChI is InChI=1S/C22H21FN2O/c23-20-10-6-19(7-11-20)15-24-21-12-8-17(9-13-21)14-22(26)25-16-18-4-2-1-3-5-18/h1-13,24H,14-16H2,(H,25,26). The lowest BCUT2D eigenvalue weighted by Gasteiger charge is -2.08. The van der Waals surface area contributed by atoms with E-state index in [1.165, 1.54) is 12.1 Å². The second kappa shape index (κ2) is 8.81. The lowest BCUT2D eigenvalue weighted by atomic mass is 10.1. The van der Waals surface area contributed by atoms with Gasteiger partial charge < -0.3 is 10.6 Å². The minimum absolute atomic E-state index is 0.000810. The van der Waals surface area contributed by atoms with Crippen LogP contribution in [0.3, 0.4) is 0 Å². The fourth-order valence-corrected chi connectivity index (χ4v) is 2.59. The van der Waals surface area contributed by atoms with Crippen LogP contribution in [0.15, 0.2) is 78.9 Å². The lowest BCUT2D eigenvalue weighted by Crippen LogP contribution is -2.24. The second-order valence-corrected chi connectivity index (χ2v) is 6.12. The number of rotatable bonds is 7. The quantitative estimate of drug-likeness (QED) is 0.668. The maximum absolute atomic E-state index is 12.9. The summed E-state index contributed by atoms with van der Waals surface area (Å²) in [7, 11) is 0. The zero-order valence-corrected chi connectivity index (χ0v) is 14.4. The Morgan fingerprint density at radius 2 is 1.35 bits per heavy atom. The van der Waals surface area contributed by atoms with Crippen LogP contribution in [0.2, 0.25) is 0 Å². The zero-order valence-electron chi connectivity index (χ0n) is 14.4. The first-order valence-corrected chi connectivity index (χ1v) is 8.57. The van der Waals surface area contributed by atoms with Crippen molar-refractivity contribution in [3.63, 3.8) is 0 Å². The summed E-state index contributed by atoms with van der Waals surface area (Å²) in [5.41, 5.74) is 4.02. The number of amides is 1. The van der Waals surface area contributed by atoms with Gasteiger partial charge in [0.1, 0.15) is 5.82 Å². The van der Waals surface area contributed by atoms with E-state index in [4.69, 9.17) is 0 Å². The largest absolute Gasteiger partial charge is 0.381 e. The van der Waals surface area contributed by atoms with Crippen LogP contribution in [0.4, 0.5) is 10.1 Å². The van der Waals surface area contributed by atoms with Gasteiger partial charge in [0.05, 0.1) is 6.42 Å². The Morgan fingerprint density at radius 3 is 2.04 bits per heavy atom. The molecular weight excluding hydrogens is 327 g/mol. The van der Waals surface area contributed by atoms with Crippen molar-refractivity contribution in [3.8, 4) is 0 Å². The molecule has 0 aliphatic carbocycles. The van der Waals surface area contributed by atoms with Crippen LogP contribution < -0.4 is 10.6 Å². The van der Waals surface area contributed by atoms with Gasteiger partial charge in [-0.1, -0.05) is 54.6 Å². The maximum atomic E-state index is 12.9. The Bertz CT molecular complexity index is 830. The highest BCUT2D eigenvalue weighted by atomic mass is 19.1. The van der Waals surface area contributed by atoms with E-state index in [0.717, 1.165) is 22.4 Å². The number of carbonyl (C=O) groups excluding carboxylic acids is 1. The highest BCUT2D eigenvalue weighted by molar-refractivity contribution is 5.78. The van der Waals surface area contributed by atoms with Gasteiger partial charge in [-0.25, -0.2) is 4.39 Å². The third-order valence-corrected chi connectivity index (χ3v) is 4.06. The van der Waals surface area contributed by atoms with Crippen LogP contribution in [0.25, 0.3) is 0 Å². The summed E-state index contributed by atoms with van der Waals surface area (Å²) in [6.07, 6.45) is 0.352. The van der Waals surface area contributed by atoms with E-state index in [0.29, 0.717) is 19.5 Å². The van der Waals surface area contributed by atoms with Gasteiger partial charge in [0.25, 0.3) is 0 Å². The minimum Gasteiger partial charge on any atom is -0.381 e. The maximum Gasteiger partial charge on any atom is 0.224 e. The third-order valence-electron chi connectivity index (χ3n) is 4.06.